The lowest BCUT2D eigenvalue weighted by molar-refractivity contribution is -0.137. The molecular weight excluding hydrogens is 443 g/mol. The van der Waals surface area contributed by atoms with Crippen LogP contribution in [0.25, 0.3) is 16.6 Å². The van der Waals surface area contributed by atoms with Crippen molar-refractivity contribution >= 4 is 26.7 Å². The summed E-state index contributed by atoms with van der Waals surface area (Å²) >= 11 is 0. The molecule has 0 radical (unpaired) electrons. The minimum Gasteiger partial charge on any atom is -0.306 e. The average Bonchev–Trinajstić information content (AvgIpc) is 3.18. The van der Waals surface area contributed by atoms with Crippen LogP contribution in [-0.2, 0) is 21.0 Å². The van der Waals surface area contributed by atoms with Gasteiger partial charge in [0.1, 0.15) is 11.5 Å². The van der Waals surface area contributed by atoms with Crippen LogP contribution in [0.2, 0.25) is 0 Å². The van der Waals surface area contributed by atoms with Gasteiger partial charge in [-0.15, -0.1) is 0 Å². The number of aromatic amines is 1. The fourth-order valence-electron chi connectivity index (χ4n) is 2.91. The van der Waals surface area contributed by atoms with E-state index in [0.29, 0.717) is 12.5 Å². The highest BCUT2D eigenvalue weighted by atomic mass is 32.2. The highest BCUT2D eigenvalue weighted by molar-refractivity contribution is 7.93. The second-order valence-electron chi connectivity index (χ2n) is 6.59. The van der Waals surface area contributed by atoms with Gasteiger partial charge >= 0.3 is 11.9 Å². The molecule has 3 rings (SSSR count). The standard InChI is InChI=1S/C17H16F3N5O5S/c1-2-3-10(26)8-31(29,30)23-25-15(27)11-6-14(24-5-4-21-9-24)12(17(18,19)20)7-13(11)22-16(25)28/h4-7,9,23H,2-3,8H2,1H3,(H,22,28). The molecule has 0 spiro atoms. The Labute approximate surface area is 172 Å². The van der Waals surface area contributed by atoms with Crippen LogP contribution in [0.5, 0.6) is 0 Å². The molecule has 0 aliphatic heterocycles. The van der Waals surface area contributed by atoms with E-state index in [1.807, 2.05) is 0 Å². The maximum atomic E-state index is 13.5. The number of carbonyl (C=O) groups is 1. The Morgan fingerprint density at radius 1 is 1.26 bits per heavy atom. The van der Waals surface area contributed by atoms with E-state index in [4.69, 9.17) is 0 Å². The van der Waals surface area contributed by atoms with E-state index in [2.05, 4.69) is 9.97 Å². The Hall–Kier alpha value is -3.42. The topological polar surface area (TPSA) is 136 Å². The van der Waals surface area contributed by atoms with E-state index in [-0.39, 0.29) is 16.5 Å². The van der Waals surface area contributed by atoms with Gasteiger partial charge in [-0.05, 0) is 18.6 Å². The van der Waals surface area contributed by atoms with Crippen molar-refractivity contribution in [3.63, 3.8) is 0 Å². The number of fused-ring (bicyclic) bond motifs is 1. The zero-order valence-corrected chi connectivity index (χ0v) is 16.7. The summed E-state index contributed by atoms with van der Waals surface area (Å²) in [6.45, 7) is 1.67. The van der Waals surface area contributed by atoms with Gasteiger partial charge in [-0.3, -0.25) is 9.59 Å². The third-order valence-electron chi connectivity index (χ3n) is 4.21. The number of benzene rings is 1. The monoisotopic (exact) mass is 459 g/mol. The van der Waals surface area contributed by atoms with Crippen LogP contribution in [0.15, 0.2) is 40.4 Å². The van der Waals surface area contributed by atoms with E-state index in [1.165, 1.54) is 12.4 Å². The Morgan fingerprint density at radius 3 is 2.55 bits per heavy atom. The van der Waals surface area contributed by atoms with Gasteiger partial charge in [0, 0.05) is 18.8 Å². The fraction of sp³-hybridized carbons (Fsp3) is 0.294. The SMILES string of the molecule is CCCC(=O)CS(=O)(=O)Nn1c(=O)[nH]c2cc(C(F)(F)F)c(-n3ccnc3)cc2c1=O. The average molecular weight is 459 g/mol. The number of nitrogens with one attached hydrogen (secondary N) is 2. The highest BCUT2D eigenvalue weighted by Crippen LogP contribution is 2.35. The van der Waals surface area contributed by atoms with E-state index in [0.717, 1.165) is 17.0 Å². The van der Waals surface area contributed by atoms with Crippen LogP contribution in [-0.4, -0.2) is 39.2 Å². The molecule has 14 heteroatoms. The molecule has 0 amide bonds. The van der Waals surface area contributed by atoms with Crippen molar-refractivity contribution in [3.05, 3.63) is 57.3 Å². The molecule has 0 unspecified atom stereocenters. The van der Waals surface area contributed by atoms with Crippen LogP contribution in [0.4, 0.5) is 13.2 Å². The Morgan fingerprint density at radius 2 is 1.97 bits per heavy atom. The molecule has 166 valence electrons. The molecule has 2 aromatic heterocycles. The van der Waals surface area contributed by atoms with Gasteiger partial charge in [0.05, 0.1) is 28.5 Å². The lowest BCUT2D eigenvalue weighted by Gasteiger charge is -2.15. The summed E-state index contributed by atoms with van der Waals surface area (Å²) < 4.78 is 66.0. The quantitative estimate of drug-likeness (QED) is 0.544. The largest absolute Gasteiger partial charge is 0.418 e. The van der Waals surface area contributed by atoms with Crippen molar-refractivity contribution in [1.82, 2.24) is 19.2 Å². The molecule has 1 aromatic carbocycles. The van der Waals surface area contributed by atoms with E-state index >= 15 is 0 Å². The maximum absolute atomic E-state index is 13.5. The second-order valence-corrected chi connectivity index (χ2v) is 8.29. The van der Waals surface area contributed by atoms with Crippen molar-refractivity contribution < 1.29 is 26.4 Å². The van der Waals surface area contributed by atoms with Gasteiger partial charge in [-0.25, -0.2) is 23.0 Å². The molecule has 2 heterocycles. The molecule has 3 aromatic rings. The minimum absolute atomic E-state index is 0.0155. The molecule has 2 N–H and O–H groups in total. The molecule has 0 fully saturated rings. The number of carbonyl (C=O) groups excluding carboxylic acids is 1. The number of nitrogens with zero attached hydrogens (tertiary/aromatic N) is 3. The number of Topliss-reactive ketones (excluding diaryl/α,β-unsaturated/α-hetero) is 1. The summed E-state index contributed by atoms with van der Waals surface area (Å²) in [6.07, 6.45) is -0.884. The van der Waals surface area contributed by atoms with Crippen LogP contribution in [0, 0.1) is 0 Å². The Balaban J connectivity index is 2.18. The lowest BCUT2D eigenvalue weighted by atomic mass is 10.1. The first kappa shape index (κ1) is 22.3. The number of aromatic nitrogens is 4. The van der Waals surface area contributed by atoms with Gasteiger partial charge in [0.25, 0.3) is 15.6 Å². The summed E-state index contributed by atoms with van der Waals surface area (Å²) in [5.41, 5.74) is -4.55. The number of ketones is 1. The third-order valence-corrected chi connectivity index (χ3v) is 5.37. The van der Waals surface area contributed by atoms with Gasteiger partial charge in [-0.2, -0.15) is 17.8 Å². The lowest BCUT2D eigenvalue weighted by Crippen LogP contribution is -2.45. The fourth-order valence-corrected chi connectivity index (χ4v) is 3.99. The highest BCUT2D eigenvalue weighted by Gasteiger charge is 2.35. The van der Waals surface area contributed by atoms with Gasteiger partial charge in [-0.1, -0.05) is 6.92 Å². The Bertz CT molecular complexity index is 1360. The first-order valence-corrected chi connectivity index (χ1v) is 10.5. The van der Waals surface area contributed by atoms with Crippen LogP contribution < -0.4 is 16.1 Å². The normalized spacial score (nSPS) is 12.3. The molecule has 0 aliphatic carbocycles. The predicted octanol–water partition coefficient (Wildman–Crippen LogP) is 1.14. The van der Waals surface area contributed by atoms with Crippen LogP contribution in [0.3, 0.4) is 0 Å². The molecule has 0 saturated heterocycles. The molecule has 31 heavy (non-hydrogen) atoms. The number of imidazole rings is 1. The molecule has 0 bridgehead atoms. The van der Waals surface area contributed by atoms with Crippen LogP contribution >= 0.6 is 0 Å². The number of halogens is 3. The van der Waals surface area contributed by atoms with Crippen molar-refractivity contribution in [2.75, 3.05) is 10.6 Å². The first-order valence-electron chi connectivity index (χ1n) is 8.83. The number of hydrogen-bond acceptors (Lipinski definition) is 6. The number of H-pyrrole nitrogens is 1. The maximum Gasteiger partial charge on any atom is 0.418 e. The summed E-state index contributed by atoms with van der Waals surface area (Å²) in [7, 11) is -4.41. The summed E-state index contributed by atoms with van der Waals surface area (Å²) in [4.78, 5) is 44.0. The zero-order valence-electron chi connectivity index (χ0n) is 15.9. The number of hydrogen-bond donors (Lipinski definition) is 2. The molecule has 0 saturated carbocycles. The molecule has 10 nitrogen and oxygen atoms in total. The van der Waals surface area contributed by atoms with Crippen molar-refractivity contribution in [1.29, 1.82) is 0 Å². The van der Waals surface area contributed by atoms with E-state index < -0.39 is 55.8 Å². The van der Waals surface area contributed by atoms with Gasteiger partial charge in [0.15, 0.2) is 0 Å². The van der Waals surface area contributed by atoms with Crippen molar-refractivity contribution in [2.24, 2.45) is 0 Å². The first-order chi connectivity index (χ1) is 14.4. The third kappa shape index (κ3) is 4.68. The van der Waals surface area contributed by atoms with Crippen molar-refractivity contribution in [3.8, 4) is 5.69 Å². The van der Waals surface area contributed by atoms with Crippen LogP contribution in [0.1, 0.15) is 25.3 Å². The summed E-state index contributed by atoms with van der Waals surface area (Å²) in [6, 6.07) is 1.45. The van der Waals surface area contributed by atoms with Crippen molar-refractivity contribution in [2.45, 2.75) is 25.9 Å². The number of sulfonamides is 1. The van der Waals surface area contributed by atoms with E-state index in [1.54, 1.807) is 11.8 Å². The zero-order chi connectivity index (χ0) is 23.0. The van der Waals surface area contributed by atoms with E-state index in [9.17, 15) is 36.0 Å². The number of alkyl halides is 3. The smallest absolute Gasteiger partial charge is 0.306 e. The predicted molar refractivity (Wildman–Crippen MR) is 104 cm³/mol. The second kappa shape index (κ2) is 8.02. The summed E-state index contributed by atoms with van der Waals surface area (Å²) in [5.74, 6) is -1.59. The number of rotatable bonds is 7. The molecular formula is C17H16F3N5O5S. The molecule has 0 aliphatic rings. The van der Waals surface area contributed by atoms with Gasteiger partial charge in [0.2, 0.25) is 0 Å². The minimum atomic E-state index is -4.82. The summed E-state index contributed by atoms with van der Waals surface area (Å²) in [5, 5.41) is -0.390. The van der Waals surface area contributed by atoms with Gasteiger partial charge < -0.3 is 9.55 Å². The Kier molecular flexibility index (Phi) is 5.76. The molecule has 0 atom stereocenters.